The molecule has 0 aliphatic carbocycles. The monoisotopic (exact) mass is 388 g/mol. The lowest BCUT2D eigenvalue weighted by Gasteiger charge is -2.47. The first kappa shape index (κ1) is 18.9. The SMILES string of the molecule is CN1CCC(N2CCN(c3ccc4cc(Cl)ccc4n3)C[C@H]2CCO)CC1. The van der Waals surface area contributed by atoms with Gasteiger partial charge in [0, 0.05) is 48.7 Å². The number of pyridine rings is 1. The molecule has 146 valence electrons. The zero-order valence-electron chi connectivity index (χ0n) is 16.0. The molecule has 1 atom stereocenters. The van der Waals surface area contributed by atoms with E-state index in [1.165, 1.54) is 25.9 Å². The summed E-state index contributed by atoms with van der Waals surface area (Å²) in [5.41, 5.74) is 0.980. The lowest BCUT2D eigenvalue weighted by molar-refractivity contribution is 0.0596. The maximum Gasteiger partial charge on any atom is 0.129 e. The zero-order valence-corrected chi connectivity index (χ0v) is 16.8. The van der Waals surface area contributed by atoms with Crippen LogP contribution in [0.15, 0.2) is 30.3 Å². The van der Waals surface area contributed by atoms with Gasteiger partial charge in [-0.15, -0.1) is 0 Å². The molecule has 5 nitrogen and oxygen atoms in total. The fourth-order valence-electron chi connectivity index (χ4n) is 4.55. The van der Waals surface area contributed by atoms with E-state index in [4.69, 9.17) is 16.6 Å². The van der Waals surface area contributed by atoms with Gasteiger partial charge in [-0.05, 0) is 69.7 Å². The van der Waals surface area contributed by atoms with Crippen molar-refractivity contribution in [3.8, 4) is 0 Å². The van der Waals surface area contributed by atoms with Gasteiger partial charge in [-0.1, -0.05) is 11.6 Å². The van der Waals surface area contributed by atoms with Crippen molar-refractivity contribution in [1.82, 2.24) is 14.8 Å². The molecule has 1 aromatic heterocycles. The molecule has 4 rings (SSSR count). The van der Waals surface area contributed by atoms with Crippen molar-refractivity contribution in [2.75, 3.05) is 51.3 Å². The van der Waals surface area contributed by atoms with E-state index in [2.05, 4.69) is 33.9 Å². The molecule has 2 saturated heterocycles. The fourth-order valence-corrected chi connectivity index (χ4v) is 4.73. The number of fused-ring (bicyclic) bond motifs is 1. The van der Waals surface area contributed by atoms with Gasteiger partial charge in [0.2, 0.25) is 0 Å². The van der Waals surface area contributed by atoms with Crippen LogP contribution in [0.5, 0.6) is 0 Å². The fraction of sp³-hybridized carbons (Fsp3) is 0.571. The number of benzene rings is 1. The number of aliphatic hydroxyl groups excluding tert-OH is 1. The quantitative estimate of drug-likeness (QED) is 0.872. The van der Waals surface area contributed by atoms with Crippen LogP contribution in [-0.2, 0) is 0 Å². The van der Waals surface area contributed by atoms with Gasteiger partial charge in [0.1, 0.15) is 5.82 Å². The molecule has 1 aromatic carbocycles. The minimum atomic E-state index is 0.241. The second-order valence-corrected chi connectivity index (χ2v) is 8.33. The molecule has 0 radical (unpaired) electrons. The van der Waals surface area contributed by atoms with E-state index in [-0.39, 0.29) is 6.61 Å². The normalized spacial score (nSPS) is 23.2. The van der Waals surface area contributed by atoms with Crippen molar-refractivity contribution >= 4 is 28.3 Å². The van der Waals surface area contributed by atoms with Gasteiger partial charge in [0.15, 0.2) is 0 Å². The highest BCUT2D eigenvalue weighted by Crippen LogP contribution is 2.27. The lowest BCUT2D eigenvalue weighted by Crippen LogP contribution is -2.58. The Morgan fingerprint density at radius 1 is 1.11 bits per heavy atom. The lowest BCUT2D eigenvalue weighted by atomic mass is 9.98. The third-order valence-electron chi connectivity index (χ3n) is 6.11. The van der Waals surface area contributed by atoms with Gasteiger partial charge in [-0.2, -0.15) is 0 Å². The van der Waals surface area contributed by atoms with Gasteiger partial charge in [0.25, 0.3) is 0 Å². The van der Waals surface area contributed by atoms with Crippen LogP contribution in [0.4, 0.5) is 5.82 Å². The third kappa shape index (κ3) is 4.21. The van der Waals surface area contributed by atoms with Crippen molar-refractivity contribution in [3.05, 3.63) is 35.4 Å². The molecule has 0 spiro atoms. The minimum absolute atomic E-state index is 0.241. The number of likely N-dealkylation sites (tertiary alicyclic amines) is 1. The molecule has 0 bridgehead atoms. The molecule has 6 heteroatoms. The average molecular weight is 389 g/mol. The summed E-state index contributed by atoms with van der Waals surface area (Å²) in [5, 5.41) is 11.4. The predicted molar refractivity (Wildman–Crippen MR) is 112 cm³/mol. The van der Waals surface area contributed by atoms with E-state index in [1.807, 2.05) is 18.2 Å². The van der Waals surface area contributed by atoms with E-state index in [1.54, 1.807) is 0 Å². The molecule has 0 saturated carbocycles. The summed E-state index contributed by atoms with van der Waals surface area (Å²) in [6.07, 6.45) is 3.28. The smallest absolute Gasteiger partial charge is 0.129 e. The van der Waals surface area contributed by atoms with Gasteiger partial charge in [0.05, 0.1) is 5.52 Å². The van der Waals surface area contributed by atoms with Crippen molar-refractivity contribution in [3.63, 3.8) is 0 Å². The number of rotatable bonds is 4. The number of hydrogen-bond donors (Lipinski definition) is 1. The van der Waals surface area contributed by atoms with Crippen molar-refractivity contribution in [1.29, 1.82) is 0 Å². The van der Waals surface area contributed by atoms with Gasteiger partial charge in [-0.25, -0.2) is 4.98 Å². The Bertz CT molecular complexity index is 778. The minimum Gasteiger partial charge on any atom is -0.396 e. The predicted octanol–water partition coefficient (Wildman–Crippen LogP) is 2.86. The van der Waals surface area contributed by atoms with Gasteiger partial charge >= 0.3 is 0 Å². The second kappa shape index (κ2) is 8.31. The molecule has 2 aliphatic rings. The van der Waals surface area contributed by atoms with E-state index in [9.17, 15) is 5.11 Å². The van der Waals surface area contributed by atoms with E-state index >= 15 is 0 Å². The first-order valence-electron chi connectivity index (χ1n) is 10.0. The van der Waals surface area contributed by atoms with E-state index in [0.29, 0.717) is 12.1 Å². The van der Waals surface area contributed by atoms with E-state index < -0.39 is 0 Å². The largest absolute Gasteiger partial charge is 0.396 e. The molecule has 2 aliphatic heterocycles. The highest BCUT2D eigenvalue weighted by atomic mass is 35.5. The summed E-state index contributed by atoms with van der Waals surface area (Å²) in [4.78, 5) is 12.3. The van der Waals surface area contributed by atoms with Gasteiger partial charge < -0.3 is 14.9 Å². The van der Waals surface area contributed by atoms with Crippen LogP contribution in [0, 0.1) is 0 Å². The first-order valence-corrected chi connectivity index (χ1v) is 10.4. The number of halogens is 1. The topological polar surface area (TPSA) is 42.8 Å². The summed E-state index contributed by atoms with van der Waals surface area (Å²) < 4.78 is 0. The molecule has 27 heavy (non-hydrogen) atoms. The summed E-state index contributed by atoms with van der Waals surface area (Å²) >= 11 is 6.09. The van der Waals surface area contributed by atoms with Crippen LogP contribution in [0.25, 0.3) is 10.9 Å². The first-order chi connectivity index (χ1) is 13.1. The number of piperazine rings is 1. The molecule has 3 heterocycles. The van der Waals surface area contributed by atoms with Crippen molar-refractivity contribution < 1.29 is 5.11 Å². The Balaban J connectivity index is 1.50. The number of piperidine rings is 1. The van der Waals surface area contributed by atoms with Crippen LogP contribution >= 0.6 is 11.6 Å². The van der Waals surface area contributed by atoms with Crippen molar-refractivity contribution in [2.45, 2.75) is 31.3 Å². The third-order valence-corrected chi connectivity index (χ3v) is 6.34. The molecular weight excluding hydrogens is 360 g/mol. The molecule has 2 fully saturated rings. The molecular formula is C21H29ClN4O. The molecule has 1 N–H and O–H groups in total. The summed E-state index contributed by atoms with van der Waals surface area (Å²) in [6.45, 7) is 5.54. The Kier molecular flexibility index (Phi) is 5.83. The Hall–Kier alpha value is -1.40. The Labute approximate surface area is 166 Å². The van der Waals surface area contributed by atoms with Crippen LogP contribution in [0.3, 0.4) is 0 Å². The molecule has 0 amide bonds. The van der Waals surface area contributed by atoms with Crippen LogP contribution < -0.4 is 4.90 Å². The Morgan fingerprint density at radius 3 is 2.70 bits per heavy atom. The maximum atomic E-state index is 9.62. The maximum absolute atomic E-state index is 9.62. The zero-order chi connectivity index (χ0) is 18.8. The molecule has 2 aromatic rings. The van der Waals surface area contributed by atoms with Crippen LogP contribution in [-0.4, -0.2) is 78.4 Å². The number of aromatic nitrogens is 1. The standard InChI is InChI=1S/C21H29ClN4O/c1-24-9-6-18(7-10-24)26-12-11-25(15-19(26)8-13-27)21-5-2-16-14-17(22)3-4-20(16)23-21/h2-5,14,18-19,27H,6-13,15H2,1H3/t19-/m1/s1. The average Bonchev–Trinajstić information content (AvgIpc) is 2.68. The summed E-state index contributed by atoms with van der Waals surface area (Å²) in [5.74, 6) is 1.02. The summed E-state index contributed by atoms with van der Waals surface area (Å²) in [6, 6.07) is 11.1. The van der Waals surface area contributed by atoms with Crippen LogP contribution in [0.1, 0.15) is 19.3 Å². The second-order valence-electron chi connectivity index (χ2n) is 7.89. The van der Waals surface area contributed by atoms with E-state index in [0.717, 1.165) is 47.8 Å². The van der Waals surface area contributed by atoms with Gasteiger partial charge in [-0.3, -0.25) is 4.90 Å². The number of nitrogens with zero attached hydrogens (tertiary/aromatic N) is 4. The number of anilines is 1. The molecule has 0 unspecified atom stereocenters. The highest BCUT2D eigenvalue weighted by molar-refractivity contribution is 6.31. The van der Waals surface area contributed by atoms with Crippen molar-refractivity contribution in [2.24, 2.45) is 0 Å². The highest BCUT2D eigenvalue weighted by Gasteiger charge is 2.33. The van der Waals surface area contributed by atoms with Crippen LogP contribution in [0.2, 0.25) is 5.02 Å². The Morgan fingerprint density at radius 2 is 1.93 bits per heavy atom. The number of hydrogen-bond acceptors (Lipinski definition) is 5. The summed E-state index contributed by atoms with van der Waals surface area (Å²) in [7, 11) is 2.21. The number of aliphatic hydroxyl groups is 1.